The molecule has 1 saturated heterocycles. The van der Waals surface area contributed by atoms with Gasteiger partial charge in [-0.1, -0.05) is 48.4 Å². The minimum Gasteiger partial charge on any atom is -0.381 e. The molecule has 0 radical (unpaired) electrons. The highest BCUT2D eigenvalue weighted by Gasteiger charge is 2.20. The number of benzene rings is 1. The zero-order valence-corrected chi connectivity index (χ0v) is 13.0. The molecule has 0 saturated carbocycles. The van der Waals surface area contributed by atoms with Crippen LogP contribution in [0.25, 0.3) is 0 Å². The first-order valence-electron chi connectivity index (χ1n) is 8.45. The summed E-state index contributed by atoms with van der Waals surface area (Å²) in [5.41, 5.74) is 3.12. The van der Waals surface area contributed by atoms with Gasteiger partial charge in [-0.2, -0.15) is 0 Å². The second-order valence-electron chi connectivity index (χ2n) is 6.34. The summed E-state index contributed by atoms with van der Waals surface area (Å²) >= 11 is 0. The van der Waals surface area contributed by atoms with E-state index in [4.69, 9.17) is 4.74 Å². The molecule has 1 atom stereocenters. The lowest BCUT2D eigenvalue weighted by molar-refractivity contribution is 0.104. The van der Waals surface area contributed by atoms with Crippen molar-refractivity contribution in [3.63, 3.8) is 0 Å². The first kappa shape index (κ1) is 14.8. The second-order valence-corrected chi connectivity index (χ2v) is 6.34. The van der Waals surface area contributed by atoms with Crippen molar-refractivity contribution in [1.82, 2.24) is 4.90 Å². The van der Waals surface area contributed by atoms with Gasteiger partial charge in [0.05, 0.1) is 0 Å². The van der Waals surface area contributed by atoms with Gasteiger partial charge >= 0.3 is 0 Å². The molecule has 2 heterocycles. The van der Waals surface area contributed by atoms with E-state index in [-0.39, 0.29) is 0 Å². The topological polar surface area (TPSA) is 12.5 Å². The van der Waals surface area contributed by atoms with Crippen LogP contribution >= 0.6 is 0 Å². The summed E-state index contributed by atoms with van der Waals surface area (Å²) in [7, 11) is 0. The second kappa shape index (κ2) is 7.77. The quantitative estimate of drug-likeness (QED) is 0.778. The van der Waals surface area contributed by atoms with Gasteiger partial charge in [0.15, 0.2) is 0 Å². The van der Waals surface area contributed by atoms with Crippen molar-refractivity contribution < 1.29 is 4.74 Å². The van der Waals surface area contributed by atoms with E-state index in [2.05, 4.69) is 41.3 Å². The Hall–Kier alpha value is -1.12. The monoisotopic (exact) mass is 285 g/mol. The SMILES string of the molecule is C1=C(C2CCCCOCC2)CCN(Cc2ccccc2)C1. The summed E-state index contributed by atoms with van der Waals surface area (Å²) in [4.78, 5) is 2.55. The average Bonchev–Trinajstić information content (AvgIpc) is 2.49. The van der Waals surface area contributed by atoms with E-state index in [0.29, 0.717) is 0 Å². The molecular formula is C19H27NO. The van der Waals surface area contributed by atoms with Crippen LogP contribution in [0.4, 0.5) is 0 Å². The van der Waals surface area contributed by atoms with Crippen LogP contribution in [-0.4, -0.2) is 31.2 Å². The molecule has 114 valence electrons. The predicted molar refractivity (Wildman–Crippen MR) is 87.2 cm³/mol. The van der Waals surface area contributed by atoms with Gasteiger partial charge in [0.25, 0.3) is 0 Å². The molecule has 1 unspecified atom stereocenters. The van der Waals surface area contributed by atoms with Gasteiger partial charge in [0, 0.05) is 32.8 Å². The molecule has 0 bridgehead atoms. The molecule has 2 aliphatic heterocycles. The summed E-state index contributed by atoms with van der Waals surface area (Å²) in [6, 6.07) is 10.8. The molecule has 0 amide bonds. The van der Waals surface area contributed by atoms with E-state index in [0.717, 1.165) is 32.2 Å². The largest absolute Gasteiger partial charge is 0.381 e. The Morgan fingerprint density at radius 1 is 1.05 bits per heavy atom. The molecule has 1 aromatic carbocycles. The van der Waals surface area contributed by atoms with E-state index in [1.807, 2.05) is 0 Å². The van der Waals surface area contributed by atoms with Gasteiger partial charge in [0.1, 0.15) is 0 Å². The molecule has 1 aromatic rings. The van der Waals surface area contributed by atoms with Crippen molar-refractivity contribution in [3.8, 4) is 0 Å². The molecule has 2 nitrogen and oxygen atoms in total. The van der Waals surface area contributed by atoms with Gasteiger partial charge in [-0.15, -0.1) is 0 Å². The van der Waals surface area contributed by atoms with E-state index >= 15 is 0 Å². The van der Waals surface area contributed by atoms with Crippen LogP contribution in [0.1, 0.15) is 37.7 Å². The maximum absolute atomic E-state index is 5.66. The van der Waals surface area contributed by atoms with Crippen LogP contribution in [-0.2, 0) is 11.3 Å². The third-order valence-electron chi connectivity index (χ3n) is 4.80. The standard InChI is InChI=1S/C19H27NO/c1-2-6-17(7-3-1)16-20-12-9-19(10-13-20)18-8-4-5-14-21-15-11-18/h1-3,6-7,9,18H,4-5,8,10-16H2. The van der Waals surface area contributed by atoms with Crippen molar-refractivity contribution in [2.45, 2.75) is 38.6 Å². The summed E-state index contributed by atoms with van der Waals surface area (Å²) in [6.45, 7) is 5.32. The molecule has 2 aliphatic rings. The molecule has 3 rings (SSSR count). The summed E-state index contributed by atoms with van der Waals surface area (Å²) < 4.78 is 5.66. The zero-order chi connectivity index (χ0) is 14.3. The number of hydrogen-bond acceptors (Lipinski definition) is 2. The molecule has 0 N–H and O–H groups in total. The van der Waals surface area contributed by atoms with Crippen molar-refractivity contribution in [3.05, 3.63) is 47.5 Å². The number of ether oxygens (including phenoxy) is 1. The lowest BCUT2D eigenvalue weighted by Gasteiger charge is -2.31. The van der Waals surface area contributed by atoms with Crippen molar-refractivity contribution in [2.24, 2.45) is 5.92 Å². The van der Waals surface area contributed by atoms with E-state index < -0.39 is 0 Å². The fraction of sp³-hybridized carbons (Fsp3) is 0.579. The van der Waals surface area contributed by atoms with Crippen LogP contribution in [0.2, 0.25) is 0 Å². The number of nitrogens with zero attached hydrogens (tertiary/aromatic N) is 1. The highest BCUT2D eigenvalue weighted by atomic mass is 16.5. The van der Waals surface area contributed by atoms with Gasteiger partial charge in [-0.25, -0.2) is 0 Å². The lowest BCUT2D eigenvalue weighted by Crippen LogP contribution is -2.30. The summed E-state index contributed by atoms with van der Waals surface area (Å²) in [5, 5.41) is 0. The fourth-order valence-electron chi connectivity index (χ4n) is 3.52. The molecule has 21 heavy (non-hydrogen) atoms. The molecule has 2 heteroatoms. The molecular weight excluding hydrogens is 258 g/mol. The van der Waals surface area contributed by atoms with Crippen LogP contribution in [0, 0.1) is 5.92 Å². The van der Waals surface area contributed by atoms with Crippen LogP contribution in [0.5, 0.6) is 0 Å². The number of hydrogen-bond donors (Lipinski definition) is 0. The lowest BCUT2D eigenvalue weighted by atomic mass is 9.86. The molecule has 0 aliphatic carbocycles. The van der Waals surface area contributed by atoms with E-state index in [1.54, 1.807) is 5.57 Å². The average molecular weight is 285 g/mol. The highest BCUT2D eigenvalue weighted by Crippen LogP contribution is 2.28. The smallest absolute Gasteiger partial charge is 0.0471 e. The molecule has 0 spiro atoms. The Balaban J connectivity index is 1.53. The van der Waals surface area contributed by atoms with Crippen molar-refractivity contribution >= 4 is 0 Å². The Kier molecular flexibility index (Phi) is 5.47. The normalized spacial score (nSPS) is 25.0. The summed E-state index contributed by atoms with van der Waals surface area (Å²) in [5.74, 6) is 0.782. The fourth-order valence-corrected chi connectivity index (χ4v) is 3.52. The maximum atomic E-state index is 5.66. The van der Waals surface area contributed by atoms with Gasteiger partial charge < -0.3 is 4.74 Å². The number of rotatable bonds is 3. The zero-order valence-electron chi connectivity index (χ0n) is 13.0. The van der Waals surface area contributed by atoms with Crippen LogP contribution in [0.3, 0.4) is 0 Å². The molecule has 0 aromatic heterocycles. The first-order chi connectivity index (χ1) is 10.4. The van der Waals surface area contributed by atoms with Crippen LogP contribution < -0.4 is 0 Å². The van der Waals surface area contributed by atoms with E-state index in [9.17, 15) is 0 Å². The minimum absolute atomic E-state index is 0.782. The van der Waals surface area contributed by atoms with E-state index in [1.165, 1.54) is 44.2 Å². The summed E-state index contributed by atoms with van der Waals surface area (Å²) in [6.07, 6.45) is 8.91. The third-order valence-corrected chi connectivity index (χ3v) is 4.80. The van der Waals surface area contributed by atoms with Crippen molar-refractivity contribution in [2.75, 3.05) is 26.3 Å². The van der Waals surface area contributed by atoms with Gasteiger partial charge in [0.2, 0.25) is 0 Å². The first-order valence-corrected chi connectivity index (χ1v) is 8.45. The minimum atomic E-state index is 0.782. The maximum Gasteiger partial charge on any atom is 0.0471 e. The van der Waals surface area contributed by atoms with Crippen LogP contribution in [0.15, 0.2) is 42.0 Å². The van der Waals surface area contributed by atoms with Crippen molar-refractivity contribution in [1.29, 1.82) is 0 Å². The Morgan fingerprint density at radius 2 is 1.95 bits per heavy atom. The predicted octanol–water partition coefficient (Wildman–Crippen LogP) is 4.03. The van der Waals surface area contributed by atoms with Gasteiger partial charge in [-0.05, 0) is 37.2 Å². The van der Waals surface area contributed by atoms with Gasteiger partial charge in [-0.3, -0.25) is 4.90 Å². The Morgan fingerprint density at radius 3 is 2.76 bits per heavy atom. The highest BCUT2D eigenvalue weighted by molar-refractivity contribution is 5.16. The third kappa shape index (κ3) is 4.42. The Bertz CT molecular complexity index is 446. The molecule has 1 fully saturated rings. The Labute approximate surface area is 128 Å².